The van der Waals surface area contributed by atoms with E-state index in [2.05, 4.69) is 12.2 Å². The number of rotatable bonds is 7. The smallest absolute Gasteiger partial charge is 0.155 e. The monoisotopic (exact) mass is 263 g/mol. The summed E-state index contributed by atoms with van der Waals surface area (Å²) in [6.07, 6.45) is 2.27. The molecule has 1 rings (SSSR count). The molecule has 1 saturated heterocycles. The van der Waals surface area contributed by atoms with Crippen LogP contribution in [0.25, 0.3) is 0 Å². The minimum absolute atomic E-state index is 0.140. The number of ether oxygens (including phenoxy) is 1. The normalized spacial score (nSPS) is 27.2. The molecule has 3 atom stereocenters. The van der Waals surface area contributed by atoms with Crippen LogP contribution < -0.4 is 5.32 Å². The van der Waals surface area contributed by atoms with Gasteiger partial charge in [0.2, 0.25) is 0 Å². The highest BCUT2D eigenvalue weighted by atomic mass is 32.2. The second-order valence-corrected chi connectivity index (χ2v) is 7.25. The SMILES string of the molecule is CCCNC(C)CCS(=O)(=O)C1CCOC1C. The Hall–Kier alpha value is -0.130. The van der Waals surface area contributed by atoms with E-state index in [1.165, 1.54) is 0 Å². The van der Waals surface area contributed by atoms with Gasteiger partial charge in [-0.25, -0.2) is 8.42 Å². The molecular formula is C12H25NO3S. The number of nitrogens with one attached hydrogen (secondary N) is 1. The summed E-state index contributed by atoms with van der Waals surface area (Å²) in [4.78, 5) is 0. The second-order valence-electron chi connectivity index (χ2n) is 4.91. The van der Waals surface area contributed by atoms with Gasteiger partial charge in [-0.05, 0) is 39.7 Å². The lowest BCUT2D eigenvalue weighted by molar-refractivity contribution is 0.126. The molecule has 1 aliphatic rings. The zero-order valence-electron chi connectivity index (χ0n) is 11.1. The lowest BCUT2D eigenvalue weighted by Gasteiger charge is -2.17. The van der Waals surface area contributed by atoms with Crippen molar-refractivity contribution in [1.29, 1.82) is 0 Å². The van der Waals surface area contributed by atoms with Gasteiger partial charge in [-0.3, -0.25) is 0 Å². The molecule has 1 aliphatic heterocycles. The van der Waals surface area contributed by atoms with E-state index in [-0.39, 0.29) is 23.1 Å². The Balaban J connectivity index is 2.39. The zero-order chi connectivity index (χ0) is 12.9. The summed E-state index contributed by atoms with van der Waals surface area (Å²) in [5, 5.41) is 3.02. The van der Waals surface area contributed by atoms with E-state index in [0.29, 0.717) is 19.4 Å². The van der Waals surface area contributed by atoms with Gasteiger partial charge in [0.15, 0.2) is 9.84 Å². The van der Waals surface area contributed by atoms with Crippen LogP contribution in [0.15, 0.2) is 0 Å². The third kappa shape index (κ3) is 4.56. The van der Waals surface area contributed by atoms with Crippen LogP contribution in [-0.4, -0.2) is 44.7 Å². The Morgan fingerprint density at radius 3 is 2.71 bits per heavy atom. The minimum atomic E-state index is -2.99. The third-order valence-electron chi connectivity index (χ3n) is 3.35. The molecule has 0 radical (unpaired) electrons. The van der Waals surface area contributed by atoms with E-state index in [4.69, 9.17) is 4.74 Å². The molecule has 1 N–H and O–H groups in total. The van der Waals surface area contributed by atoms with Crippen molar-refractivity contribution in [2.45, 2.75) is 57.4 Å². The summed E-state index contributed by atoms with van der Waals surface area (Å²) in [5.41, 5.74) is 0. The van der Waals surface area contributed by atoms with Crippen LogP contribution in [-0.2, 0) is 14.6 Å². The first-order chi connectivity index (χ1) is 7.97. The quantitative estimate of drug-likeness (QED) is 0.753. The lowest BCUT2D eigenvalue weighted by atomic mass is 10.2. The predicted octanol–water partition coefficient (Wildman–Crippen LogP) is 1.36. The average molecular weight is 263 g/mol. The van der Waals surface area contributed by atoms with Gasteiger partial charge < -0.3 is 10.1 Å². The molecule has 0 amide bonds. The number of hydrogen-bond acceptors (Lipinski definition) is 4. The average Bonchev–Trinajstić information content (AvgIpc) is 2.71. The maximum atomic E-state index is 12.1. The molecule has 102 valence electrons. The topological polar surface area (TPSA) is 55.4 Å². The van der Waals surface area contributed by atoms with Crippen LogP contribution in [0.5, 0.6) is 0 Å². The molecule has 0 spiro atoms. The highest BCUT2D eigenvalue weighted by molar-refractivity contribution is 7.92. The molecule has 1 heterocycles. The maximum absolute atomic E-state index is 12.1. The van der Waals surface area contributed by atoms with Gasteiger partial charge >= 0.3 is 0 Å². The van der Waals surface area contributed by atoms with Crippen molar-refractivity contribution in [3.63, 3.8) is 0 Å². The van der Waals surface area contributed by atoms with Crippen LogP contribution >= 0.6 is 0 Å². The van der Waals surface area contributed by atoms with Crippen molar-refractivity contribution >= 4 is 9.84 Å². The van der Waals surface area contributed by atoms with Gasteiger partial charge in [-0.15, -0.1) is 0 Å². The van der Waals surface area contributed by atoms with Crippen LogP contribution in [0.3, 0.4) is 0 Å². The van der Waals surface area contributed by atoms with Crippen molar-refractivity contribution in [1.82, 2.24) is 5.32 Å². The van der Waals surface area contributed by atoms with Crippen LogP contribution in [0, 0.1) is 0 Å². The highest BCUT2D eigenvalue weighted by Gasteiger charge is 2.35. The molecule has 0 bridgehead atoms. The predicted molar refractivity (Wildman–Crippen MR) is 70.0 cm³/mol. The van der Waals surface area contributed by atoms with Crippen molar-refractivity contribution in [2.75, 3.05) is 18.9 Å². The Bertz CT molecular complexity index is 316. The van der Waals surface area contributed by atoms with E-state index in [1.54, 1.807) is 0 Å². The minimum Gasteiger partial charge on any atom is -0.377 e. The molecule has 4 nitrogen and oxygen atoms in total. The van der Waals surface area contributed by atoms with Gasteiger partial charge in [0.25, 0.3) is 0 Å². The van der Waals surface area contributed by atoms with Crippen LogP contribution in [0.2, 0.25) is 0 Å². The fourth-order valence-electron chi connectivity index (χ4n) is 2.17. The molecule has 0 aromatic carbocycles. The highest BCUT2D eigenvalue weighted by Crippen LogP contribution is 2.22. The van der Waals surface area contributed by atoms with E-state index >= 15 is 0 Å². The lowest BCUT2D eigenvalue weighted by Crippen LogP contribution is -2.34. The first-order valence-electron chi connectivity index (χ1n) is 6.54. The van der Waals surface area contributed by atoms with E-state index < -0.39 is 9.84 Å². The molecule has 0 aromatic rings. The van der Waals surface area contributed by atoms with E-state index in [9.17, 15) is 8.42 Å². The summed E-state index contributed by atoms with van der Waals surface area (Å²) >= 11 is 0. The first kappa shape index (κ1) is 14.9. The second kappa shape index (κ2) is 6.71. The Morgan fingerprint density at radius 1 is 1.47 bits per heavy atom. The molecule has 5 heteroatoms. The van der Waals surface area contributed by atoms with Gasteiger partial charge in [0.1, 0.15) is 0 Å². The maximum Gasteiger partial charge on any atom is 0.155 e. The molecule has 3 unspecified atom stereocenters. The fourth-order valence-corrected chi connectivity index (χ4v) is 4.27. The summed E-state index contributed by atoms with van der Waals surface area (Å²) < 4.78 is 29.6. The molecule has 0 aromatic heterocycles. The molecular weight excluding hydrogens is 238 g/mol. The van der Waals surface area contributed by atoms with E-state index in [0.717, 1.165) is 13.0 Å². The van der Waals surface area contributed by atoms with Crippen molar-refractivity contribution in [3.8, 4) is 0 Å². The van der Waals surface area contributed by atoms with Crippen LogP contribution in [0.1, 0.15) is 40.0 Å². The summed E-state index contributed by atoms with van der Waals surface area (Å²) in [6, 6.07) is 0.266. The summed E-state index contributed by atoms with van der Waals surface area (Å²) in [7, 11) is -2.99. The Labute approximate surface area is 105 Å². The van der Waals surface area contributed by atoms with Crippen molar-refractivity contribution in [3.05, 3.63) is 0 Å². The molecule has 0 saturated carbocycles. The first-order valence-corrected chi connectivity index (χ1v) is 8.25. The third-order valence-corrected chi connectivity index (χ3v) is 5.69. The van der Waals surface area contributed by atoms with Gasteiger partial charge in [-0.2, -0.15) is 0 Å². The molecule has 17 heavy (non-hydrogen) atoms. The zero-order valence-corrected chi connectivity index (χ0v) is 11.9. The Kier molecular flexibility index (Phi) is 5.89. The van der Waals surface area contributed by atoms with Gasteiger partial charge in [0.05, 0.1) is 17.1 Å². The van der Waals surface area contributed by atoms with Crippen LogP contribution in [0.4, 0.5) is 0 Å². The Morgan fingerprint density at radius 2 is 2.18 bits per heavy atom. The number of hydrogen-bond donors (Lipinski definition) is 1. The van der Waals surface area contributed by atoms with Gasteiger partial charge in [0, 0.05) is 12.6 Å². The largest absolute Gasteiger partial charge is 0.377 e. The molecule has 1 fully saturated rings. The van der Waals surface area contributed by atoms with Crippen molar-refractivity contribution < 1.29 is 13.2 Å². The number of sulfone groups is 1. The standard InChI is InChI=1S/C12H25NO3S/c1-4-7-13-10(2)6-9-17(14,15)12-5-8-16-11(12)3/h10-13H,4-9H2,1-3H3. The molecule has 0 aliphatic carbocycles. The van der Waals surface area contributed by atoms with Crippen molar-refractivity contribution in [2.24, 2.45) is 0 Å². The van der Waals surface area contributed by atoms with E-state index in [1.807, 2.05) is 13.8 Å². The fraction of sp³-hybridized carbons (Fsp3) is 1.00. The van der Waals surface area contributed by atoms with Gasteiger partial charge in [-0.1, -0.05) is 6.92 Å². The summed E-state index contributed by atoms with van der Waals surface area (Å²) in [6.45, 7) is 7.53. The summed E-state index contributed by atoms with van der Waals surface area (Å²) in [5.74, 6) is 0.267.